The molecule has 0 aliphatic heterocycles. The summed E-state index contributed by atoms with van der Waals surface area (Å²) in [5, 5.41) is 0. The molecule has 0 spiro atoms. The Kier molecular flexibility index (Phi) is 20.1. The summed E-state index contributed by atoms with van der Waals surface area (Å²) in [6.45, 7) is 6.34. The van der Waals surface area contributed by atoms with Gasteiger partial charge < -0.3 is 0 Å². The van der Waals surface area contributed by atoms with Gasteiger partial charge in [-0.25, -0.2) is 8.37 Å². The molecule has 0 unspecified atom stereocenters. The van der Waals surface area contributed by atoms with Gasteiger partial charge in [-0.2, -0.15) is 8.42 Å². The molecule has 0 rings (SSSR count). The maximum atomic E-state index is 11.7. The summed E-state index contributed by atoms with van der Waals surface area (Å²) >= 11 is 0. The lowest BCUT2D eigenvalue weighted by Crippen LogP contribution is -2.19. The molecule has 4 nitrogen and oxygen atoms in total. The maximum Gasteiger partial charge on any atom is 0.400 e. The summed E-state index contributed by atoms with van der Waals surface area (Å²) in [7, 11) is -3.83. The van der Waals surface area contributed by atoms with Gasteiger partial charge in [-0.3, -0.25) is 0 Å². The van der Waals surface area contributed by atoms with Crippen LogP contribution in [0.5, 0.6) is 0 Å². The van der Waals surface area contributed by atoms with Crippen molar-refractivity contribution in [3.63, 3.8) is 0 Å². The van der Waals surface area contributed by atoms with Gasteiger partial charge in [0.2, 0.25) is 0 Å². The zero-order valence-electron chi connectivity index (χ0n) is 19.1. The Labute approximate surface area is 176 Å². The van der Waals surface area contributed by atoms with E-state index in [9.17, 15) is 8.42 Å². The first-order valence-corrected chi connectivity index (χ1v) is 13.5. The number of rotatable bonds is 22. The number of hydrogen-bond donors (Lipinski definition) is 0. The highest BCUT2D eigenvalue weighted by Gasteiger charge is 2.17. The van der Waals surface area contributed by atoms with E-state index in [4.69, 9.17) is 8.37 Å². The fourth-order valence-electron chi connectivity index (χ4n) is 3.43. The van der Waals surface area contributed by atoms with Gasteiger partial charge in [0, 0.05) is 0 Å². The van der Waals surface area contributed by atoms with Crippen LogP contribution in [0, 0.1) is 0 Å². The quantitative estimate of drug-likeness (QED) is 0.168. The van der Waals surface area contributed by atoms with Crippen molar-refractivity contribution in [1.29, 1.82) is 0 Å². The average molecular weight is 421 g/mol. The average Bonchev–Trinajstić information content (AvgIpc) is 2.68. The van der Waals surface area contributed by atoms with Gasteiger partial charge in [-0.05, 0) is 19.3 Å². The van der Waals surface area contributed by atoms with E-state index in [-0.39, 0.29) is 12.7 Å². The molecule has 170 valence electrons. The first-order chi connectivity index (χ1) is 13.6. The van der Waals surface area contributed by atoms with Gasteiger partial charge in [-0.1, -0.05) is 117 Å². The van der Waals surface area contributed by atoms with Crippen molar-refractivity contribution >= 4 is 10.4 Å². The van der Waals surface area contributed by atoms with Crippen LogP contribution in [0.1, 0.15) is 136 Å². The molecule has 0 heterocycles. The van der Waals surface area contributed by atoms with Gasteiger partial charge >= 0.3 is 10.4 Å². The molecule has 0 aromatic heterocycles. The first kappa shape index (κ1) is 27.9. The predicted octanol–water partition coefficient (Wildman–Crippen LogP) is 7.71. The molecule has 0 fully saturated rings. The van der Waals surface area contributed by atoms with Crippen LogP contribution >= 0.6 is 0 Å². The molecule has 28 heavy (non-hydrogen) atoms. The molecular weight excluding hydrogens is 372 g/mol. The summed E-state index contributed by atoms with van der Waals surface area (Å²) in [4.78, 5) is 0. The molecular formula is C23H48O4S. The molecule has 0 saturated heterocycles. The lowest BCUT2D eigenvalue weighted by atomic mass is 10.0. The van der Waals surface area contributed by atoms with Gasteiger partial charge in [0.15, 0.2) is 0 Å². The topological polar surface area (TPSA) is 52.6 Å². The van der Waals surface area contributed by atoms with Crippen molar-refractivity contribution in [2.75, 3.05) is 6.61 Å². The Hall–Kier alpha value is -0.130. The van der Waals surface area contributed by atoms with Gasteiger partial charge in [0.1, 0.15) is 0 Å². The Morgan fingerprint density at radius 3 is 1.29 bits per heavy atom. The first-order valence-electron chi connectivity index (χ1n) is 12.1. The Balaban J connectivity index is 3.29. The zero-order chi connectivity index (χ0) is 20.9. The Morgan fingerprint density at radius 2 is 0.929 bits per heavy atom. The van der Waals surface area contributed by atoms with E-state index >= 15 is 0 Å². The Bertz CT molecular complexity index is 405. The summed E-state index contributed by atoms with van der Waals surface area (Å²) in [5.41, 5.74) is 0. The normalized spacial score (nSPS) is 12.1. The van der Waals surface area contributed by atoms with E-state index in [1.165, 1.54) is 83.5 Å². The van der Waals surface area contributed by atoms with Crippen LogP contribution in [-0.2, 0) is 18.8 Å². The van der Waals surface area contributed by atoms with Gasteiger partial charge in [0.25, 0.3) is 0 Å². The van der Waals surface area contributed by atoms with E-state index in [2.05, 4.69) is 6.92 Å². The van der Waals surface area contributed by atoms with Crippen LogP contribution in [0.15, 0.2) is 0 Å². The molecule has 0 radical (unpaired) electrons. The van der Waals surface area contributed by atoms with Gasteiger partial charge in [-0.15, -0.1) is 0 Å². The van der Waals surface area contributed by atoms with E-state index in [1.54, 1.807) is 0 Å². The van der Waals surface area contributed by atoms with E-state index in [0.29, 0.717) is 12.8 Å². The second-order valence-electron chi connectivity index (χ2n) is 8.07. The largest absolute Gasteiger partial charge is 0.400 e. The standard InChI is InChI=1S/C23H48O4S/c1-4-7-8-9-10-11-12-13-14-15-16-17-18-19-20-21-22-26-28(24,25)27-23(5-2)6-3/h23H,4-22H2,1-3H3. The third-order valence-electron chi connectivity index (χ3n) is 5.39. The SMILES string of the molecule is CCCCCCCCCCCCCCCCCCOS(=O)(=O)OC(CC)CC. The van der Waals surface area contributed by atoms with Gasteiger partial charge in [0.05, 0.1) is 12.7 Å². The fraction of sp³-hybridized carbons (Fsp3) is 1.00. The second kappa shape index (κ2) is 20.2. The molecule has 0 aromatic rings. The van der Waals surface area contributed by atoms with Crippen LogP contribution in [0.25, 0.3) is 0 Å². The smallest absolute Gasteiger partial charge is 0.248 e. The molecule has 0 saturated carbocycles. The van der Waals surface area contributed by atoms with Crippen molar-refractivity contribution in [3.8, 4) is 0 Å². The van der Waals surface area contributed by atoms with Crippen molar-refractivity contribution in [1.82, 2.24) is 0 Å². The number of hydrogen-bond acceptors (Lipinski definition) is 4. The van der Waals surface area contributed by atoms with Crippen LogP contribution in [-0.4, -0.2) is 21.1 Å². The second-order valence-corrected chi connectivity index (χ2v) is 9.31. The minimum atomic E-state index is -3.83. The van der Waals surface area contributed by atoms with Crippen molar-refractivity contribution < 1.29 is 16.8 Å². The lowest BCUT2D eigenvalue weighted by Gasteiger charge is -2.13. The van der Waals surface area contributed by atoms with E-state index in [0.717, 1.165) is 19.3 Å². The number of unbranched alkanes of at least 4 members (excludes halogenated alkanes) is 15. The van der Waals surface area contributed by atoms with Crippen molar-refractivity contribution in [2.24, 2.45) is 0 Å². The highest BCUT2D eigenvalue weighted by Crippen LogP contribution is 2.14. The van der Waals surface area contributed by atoms with Crippen LogP contribution in [0.3, 0.4) is 0 Å². The maximum absolute atomic E-state index is 11.7. The summed E-state index contributed by atoms with van der Waals surface area (Å²) in [6, 6.07) is 0. The fourth-order valence-corrected chi connectivity index (χ4v) is 4.41. The van der Waals surface area contributed by atoms with Crippen LogP contribution < -0.4 is 0 Å². The summed E-state index contributed by atoms with van der Waals surface area (Å²) in [6.07, 6.45) is 21.9. The molecule has 0 bridgehead atoms. The monoisotopic (exact) mass is 420 g/mol. The molecule has 0 aliphatic carbocycles. The van der Waals surface area contributed by atoms with E-state index < -0.39 is 10.4 Å². The van der Waals surface area contributed by atoms with E-state index in [1.807, 2.05) is 13.8 Å². The third-order valence-corrected chi connectivity index (χ3v) is 6.35. The lowest BCUT2D eigenvalue weighted by molar-refractivity contribution is 0.148. The zero-order valence-corrected chi connectivity index (χ0v) is 19.9. The molecule has 0 aliphatic rings. The molecule has 0 N–H and O–H groups in total. The van der Waals surface area contributed by atoms with Crippen molar-refractivity contribution in [3.05, 3.63) is 0 Å². The predicted molar refractivity (Wildman–Crippen MR) is 120 cm³/mol. The molecule has 0 amide bonds. The molecule has 0 aromatic carbocycles. The third kappa shape index (κ3) is 19.2. The molecule has 5 heteroatoms. The van der Waals surface area contributed by atoms with Crippen molar-refractivity contribution in [2.45, 2.75) is 142 Å². The highest BCUT2D eigenvalue weighted by molar-refractivity contribution is 7.81. The summed E-state index contributed by atoms with van der Waals surface area (Å²) < 4.78 is 33.3. The minimum absolute atomic E-state index is 0.237. The Morgan fingerprint density at radius 1 is 0.571 bits per heavy atom. The summed E-state index contributed by atoms with van der Waals surface area (Å²) in [5.74, 6) is 0. The van der Waals surface area contributed by atoms with Crippen LogP contribution in [0.4, 0.5) is 0 Å². The molecule has 0 atom stereocenters. The minimum Gasteiger partial charge on any atom is -0.248 e. The highest BCUT2D eigenvalue weighted by atomic mass is 32.3. The van der Waals surface area contributed by atoms with Crippen LogP contribution in [0.2, 0.25) is 0 Å².